The highest BCUT2D eigenvalue weighted by Gasteiger charge is 2.22. The molecule has 0 radical (unpaired) electrons. The fraction of sp³-hybridized carbons (Fsp3) is 0.833. The molecule has 3 heteroatoms. The predicted molar refractivity (Wildman–Crippen MR) is 37.2 cm³/mol. The third-order valence-corrected chi connectivity index (χ3v) is 2.93. The molecule has 0 saturated carbocycles. The number of hydrogen-bond donors (Lipinski definition) is 0. The normalized spacial score (nSPS) is 11.4. The Morgan fingerprint density at radius 2 is 1.89 bits per heavy atom. The molecule has 0 fully saturated rings. The van der Waals surface area contributed by atoms with Crippen molar-refractivity contribution in [3.63, 3.8) is 0 Å². The summed E-state index contributed by atoms with van der Waals surface area (Å²) in [4.78, 5) is 10.3. The summed E-state index contributed by atoms with van der Waals surface area (Å²) in [5.74, 6) is -1.02. The van der Waals surface area contributed by atoms with Gasteiger partial charge in [-0.2, -0.15) is 0 Å². The number of carbonyl (C=O) groups excluding carboxylic acids is 1. The lowest BCUT2D eigenvalue weighted by Crippen LogP contribution is -2.42. The smallest absolute Gasteiger partial charge is 0.0646 e. The van der Waals surface area contributed by atoms with E-state index in [9.17, 15) is 9.90 Å². The summed E-state index contributed by atoms with van der Waals surface area (Å²) in [5, 5.41) is 10.3. The van der Waals surface area contributed by atoms with Crippen LogP contribution in [-0.2, 0) is 4.79 Å². The van der Waals surface area contributed by atoms with E-state index in [0.29, 0.717) is 12.8 Å². The minimum Gasteiger partial charge on any atom is -0.549 e. The number of carbonyl (C=O) groups is 1. The summed E-state index contributed by atoms with van der Waals surface area (Å²) in [6.07, 6.45) is 1.12. The molecule has 0 aromatic heterocycles. The number of alkyl halides is 1. The first-order valence-electron chi connectivity index (χ1n) is 2.97. The third-order valence-electron chi connectivity index (χ3n) is 1.49. The number of carboxylic acids is 1. The van der Waals surface area contributed by atoms with E-state index in [0.717, 1.165) is 0 Å². The monoisotopic (exact) mass is 193 g/mol. The molecular formula is C6H10BrO2-. The SMILES string of the molecule is CCC(Br)(CC)C(=O)[O-]. The summed E-state index contributed by atoms with van der Waals surface area (Å²) in [6.45, 7) is 3.63. The summed E-state index contributed by atoms with van der Waals surface area (Å²) in [7, 11) is 0. The molecule has 0 aromatic rings. The second-order valence-corrected chi connectivity index (χ2v) is 3.48. The Bertz CT molecular complexity index is 108. The van der Waals surface area contributed by atoms with E-state index in [1.807, 2.05) is 13.8 Å². The van der Waals surface area contributed by atoms with Gasteiger partial charge in [0.25, 0.3) is 0 Å². The van der Waals surface area contributed by atoms with Crippen LogP contribution in [0.25, 0.3) is 0 Å². The fourth-order valence-corrected chi connectivity index (χ4v) is 0.539. The van der Waals surface area contributed by atoms with Gasteiger partial charge in [-0.05, 0) is 12.8 Å². The minimum atomic E-state index is -1.02. The maximum Gasteiger partial charge on any atom is 0.0646 e. The van der Waals surface area contributed by atoms with Crippen LogP contribution < -0.4 is 5.11 Å². The Labute approximate surface area is 63.4 Å². The molecule has 0 aliphatic heterocycles. The maximum absolute atomic E-state index is 10.3. The molecule has 0 aliphatic carbocycles. The fourth-order valence-electron chi connectivity index (χ4n) is 0.539. The van der Waals surface area contributed by atoms with Gasteiger partial charge in [0.15, 0.2) is 0 Å². The maximum atomic E-state index is 10.3. The van der Waals surface area contributed by atoms with Gasteiger partial charge in [-0.25, -0.2) is 0 Å². The molecular weight excluding hydrogens is 184 g/mol. The number of carboxylic acid groups (broad SMARTS) is 1. The van der Waals surface area contributed by atoms with E-state index >= 15 is 0 Å². The molecule has 0 atom stereocenters. The first-order valence-corrected chi connectivity index (χ1v) is 3.76. The van der Waals surface area contributed by atoms with E-state index in [2.05, 4.69) is 15.9 Å². The topological polar surface area (TPSA) is 40.1 Å². The number of aliphatic carboxylic acids is 1. The molecule has 0 aliphatic rings. The number of halogens is 1. The van der Waals surface area contributed by atoms with Gasteiger partial charge in [-0.1, -0.05) is 29.8 Å². The molecule has 0 saturated heterocycles. The van der Waals surface area contributed by atoms with Gasteiger partial charge in [0.1, 0.15) is 0 Å². The molecule has 0 amide bonds. The van der Waals surface area contributed by atoms with Crippen LogP contribution in [0, 0.1) is 0 Å². The van der Waals surface area contributed by atoms with Crippen LogP contribution in [0.3, 0.4) is 0 Å². The van der Waals surface area contributed by atoms with E-state index in [-0.39, 0.29) is 0 Å². The molecule has 0 aromatic carbocycles. The van der Waals surface area contributed by atoms with Gasteiger partial charge in [0.2, 0.25) is 0 Å². The predicted octanol–water partition coefficient (Wildman–Crippen LogP) is 0.690. The molecule has 0 heterocycles. The zero-order chi connectivity index (χ0) is 7.49. The second kappa shape index (κ2) is 3.20. The van der Waals surface area contributed by atoms with Crippen molar-refractivity contribution in [2.24, 2.45) is 0 Å². The lowest BCUT2D eigenvalue weighted by molar-refractivity contribution is -0.309. The van der Waals surface area contributed by atoms with Gasteiger partial charge < -0.3 is 9.90 Å². The number of hydrogen-bond acceptors (Lipinski definition) is 2. The van der Waals surface area contributed by atoms with E-state index < -0.39 is 10.3 Å². The molecule has 9 heavy (non-hydrogen) atoms. The highest BCUT2D eigenvalue weighted by Crippen LogP contribution is 2.24. The van der Waals surface area contributed by atoms with Crippen LogP contribution >= 0.6 is 15.9 Å². The Morgan fingerprint density at radius 3 is 1.89 bits per heavy atom. The molecule has 0 N–H and O–H groups in total. The molecule has 54 valence electrons. The third kappa shape index (κ3) is 1.97. The summed E-state index contributed by atoms with van der Waals surface area (Å²) in [5.41, 5.74) is 0. The van der Waals surface area contributed by atoms with Crippen molar-refractivity contribution in [2.45, 2.75) is 31.0 Å². The Kier molecular flexibility index (Phi) is 3.18. The van der Waals surface area contributed by atoms with Crippen molar-refractivity contribution >= 4 is 21.9 Å². The zero-order valence-electron chi connectivity index (χ0n) is 5.61. The van der Waals surface area contributed by atoms with Crippen molar-refractivity contribution in [1.29, 1.82) is 0 Å². The van der Waals surface area contributed by atoms with Crippen LogP contribution in [0.2, 0.25) is 0 Å². The minimum absolute atomic E-state index is 0.561. The standard InChI is InChI=1S/C6H11BrO2/c1-3-6(7,4-2)5(8)9/h3-4H2,1-2H3,(H,8,9)/p-1. The van der Waals surface area contributed by atoms with Crippen molar-refractivity contribution in [2.75, 3.05) is 0 Å². The molecule has 0 unspecified atom stereocenters. The Hall–Kier alpha value is -0.0500. The van der Waals surface area contributed by atoms with Gasteiger partial charge in [-0.3, -0.25) is 0 Å². The molecule has 0 spiro atoms. The second-order valence-electron chi connectivity index (χ2n) is 1.96. The van der Waals surface area contributed by atoms with Gasteiger partial charge in [0.05, 0.1) is 10.3 Å². The van der Waals surface area contributed by atoms with Crippen LogP contribution in [0.15, 0.2) is 0 Å². The molecule has 2 nitrogen and oxygen atoms in total. The largest absolute Gasteiger partial charge is 0.549 e. The van der Waals surface area contributed by atoms with Crippen molar-refractivity contribution in [3.05, 3.63) is 0 Å². The number of rotatable bonds is 3. The van der Waals surface area contributed by atoms with Gasteiger partial charge >= 0.3 is 0 Å². The van der Waals surface area contributed by atoms with Crippen molar-refractivity contribution < 1.29 is 9.90 Å². The quantitative estimate of drug-likeness (QED) is 0.620. The molecule has 0 rings (SSSR count). The molecule has 0 bridgehead atoms. The van der Waals surface area contributed by atoms with Gasteiger partial charge in [-0.15, -0.1) is 0 Å². The highest BCUT2D eigenvalue weighted by molar-refractivity contribution is 9.10. The van der Waals surface area contributed by atoms with Crippen LogP contribution in [0.4, 0.5) is 0 Å². The van der Waals surface area contributed by atoms with Crippen molar-refractivity contribution in [3.8, 4) is 0 Å². The lowest BCUT2D eigenvalue weighted by atomic mass is 10.0. The Morgan fingerprint density at radius 1 is 1.56 bits per heavy atom. The average molecular weight is 194 g/mol. The van der Waals surface area contributed by atoms with E-state index in [1.165, 1.54) is 0 Å². The van der Waals surface area contributed by atoms with E-state index in [4.69, 9.17) is 0 Å². The average Bonchev–Trinajstić information content (AvgIpc) is 1.86. The summed E-state index contributed by atoms with van der Waals surface area (Å²) >= 11 is 3.09. The first kappa shape index (κ1) is 8.95. The van der Waals surface area contributed by atoms with Gasteiger partial charge in [0, 0.05) is 0 Å². The van der Waals surface area contributed by atoms with Crippen LogP contribution in [0.1, 0.15) is 26.7 Å². The van der Waals surface area contributed by atoms with E-state index in [1.54, 1.807) is 0 Å². The summed E-state index contributed by atoms with van der Waals surface area (Å²) in [6, 6.07) is 0. The highest BCUT2D eigenvalue weighted by atomic mass is 79.9. The lowest BCUT2D eigenvalue weighted by Gasteiger charge is -2.24. The Balaban J connectivity index is 4.09. The van der Waals surface area contributed by atoms with Crippen LogP contribution in [-0.4, -0.2) is 10.3 Å². The summed E-state index contributed by atoms with van der Waals surface area (Å²) < 4.78 is -0.799. The first-order chi connectivity index (χ1) is 4.06. The zero-order valence-corrected chi connectivity index (χ0v) is 7.19. The van der Waals surface area contributed by atoms with Crippen LogP contribution in [0.5, 0.6) is 0 Å². The van der Waals surface area contributed by atoms with Crippen molar-refractivity contribution in [1.82, 2.24) is 0 Å².